The van der Waals surface area contributed by atoms with E-state index in [-0.39, 0.29) is 24.9 Å². The van der Waals surface area contributed by atoms with Crippen LogP contribution in [0.5, 0.6) is 11.5 Å². The van der Waals surface area contributed by atoms with Crippen LogP contribution in [-0.2, 0) is 26.2 Å². The van der Waals surface area contributed by atoms with Crippen molar-refractivity contribution >= 4 is 27.5 Å². The van der Waals surface area contributed by atoms with Crippen molar-refractivity contribution in [2.45, 2.75) is 26.4 Å². The van der Waals surface area contributed by atoms with Crippen molar-refractivity contribution in [2.24, 2.45) is 0 Å². The number of hydrogen-bond donors (Lipinski definition) is 1. The van der Waals surface area contributed by atoms with E-state index < -0.39 is 28.5 Å². The third-order valence-corrected chi connectivity index (χ3v) is 6.35. The summed E-state index contributed by atoms with van der Waals surface area (Å²) in [7, 11) is -2.32. The maximum Gasteiger partial charge on any atom is 0.244 e. The first-order chi connectivity index (χ1) is 15.1. The van der Waals surface area contributed by atoms with Crippen molar-refractivity contribution in [3.8, 4) is 11.5 Å². The highest BCUT2D eigenvalue weighted by molar-refractivity contribution is 7.92. The average molecular weight is 462 g/mol. The number of anilines is 1. The van der Waals surface area contributed by atoms with Gasteiger partial charge in [0.1, 0.15) is 12.6 Å². The maximum absolute atomic E-state index is 13.3. The molecule has 1 heterocycles. The number of amides is 2. The molecule has 0 spiro atoms. The normalized spacial score (nSPS) is 13.4. The number of carbonyl (C=O) groups is 2. The van der Waals surface area contributed by atoms with Crippen molar-refractivity contribution in [3.05, 3.63) is 53.6 Å². The zero-order valence-corrected chi connectivity index (χ0v) is 19.3. The van der Waals surface area contributed by atoms with Gasteiger partial charge in [0, 0.05) is 19.7 Å². The molecule has 2 amide bonds. The summed E-state index contributed by atoms with van der Waals surface area (Å²) in [6, 6.07) is 11.4. The molecule has 0 radical (unpaired) electrons. The fraction of sp³-hybridized carbons (Fsp3) is 0.364. The largest absolute Gasteiger partial charge is 0.454 e. The molecule has 2 aromatic carbocycles. The van der Waals surface area contributed by atoms with Gasteiger partial charge in [-0.25, -0.2) is 8.42 Å². The van der Waals surface area contributed by atoms with Crippen LogP contribution in [0.4, 0.5) is 5.69 Å². The molecule has 0 aromatic heterocycles. The molecule has 2 aromatic rings. The zero-order valence-electron chi connectivity index (χ0n) is 18.5. The molecule has 1 atom stereocenters. The third kappa shape index (κ3) is 5.31. The van der Waals surface area contributed by atoms with Crippen LogP contribution in [0.1, 0.15) is 18.1 Å². The summed E-state index contributed by atoms with van der Waals surface area (Å²) in [5, 5.41) is 2.54. The Hall–Kier alpha value is -3.27. The number of ether oxygens (including phenoxy) is 2. The number of aryl methyl sites for hydroxylation is 1. The number of hydrogen-bond acceptors (Lipinski definition) is 6. The van der Waals surface area contributed by atoms with Crippen LogP contribution in [0.3, 0.4) is 0 Å². The Morgan fingerprint density at radius 1 is 1.09 bits per heavy atom. The summed E-state index contributed by atoms with van der Waals surface area (Å²) in [5.74, 6) is 0.0471. The van der Waals surface area contributed by atoms with E-state index in [1.165, 1.54) is 18.0 Å². The van der Waals surface area contributed by atoms with Crippen LogP contribution in [0.15, 0.2) is 42.5 Å². The second-order valence-corrected chi connectivity index (χ2v) is 9.51. The molecule has 1 N–H and O–H groups in total. The van der Waals surface area contributed by atoms with Gasteiger partial charge in [-0.1, -0.05) is 29.8 Å². The average Bonchev–Trinajstić information content (AvgIpc) is 3.23. The fourth-order valence-corrected chi connectivity index (χ4v) is 4.18. The molecule has 172 valence electrons. The van der Waals surface area contributed by atoms with Crippen molar-refractivity contribution in [1.82, 2.24) is 10.2 Å². The standard InChI is InChI=1S/C22H27N3O6S/c1-15-5-7-17(8-6-15)12-24(16(2)22(27)23-3)21(26)13-25(32(4,28)29)18-9-10-19-20(11-18)31-14-30-19/h5-11,16H,12-14H2,1-4H3,(H,23,27). The monoisotopic (exact) mass is 461 g/mol. The van der Waals surface area contributed by atoms with Gasteiger partial charge in [0.15, 0.2) is 11.5 Å². The van der Waals surface area contributed by atoms with Gasteiger partial charge < -0.3 is 19.7 Å². The number of benzene rings is 2. The molecule has 1 unspecified atom stereocenters. The SMILES string of the molecule is CNC(=O)C(C)N(Cc1ccc(C)cc1)C(=O)CN(c1ccc2c(c1)OCO2)S(C)(=O)=O. The topological polar surface area (TPSA) is 105 Å². The predicted octanol–water partition coefficient (Wildman–Crippen LogP) is 1.65. The highest BCUT2D eigenvalue weighted by atomic mass is 32.2. The molecular weight excluding hydrogens is 434 g/mol. The molecule has 1 aliphatic rings. The van der Waals surface area contributed by atoms with Crippen LogP contribution in [0.2, 0.25) is 0 Å². The summed E-state index contributed by atoms with van der Waals surface area (Å²) in [5.41, 5.74) is 2.17. The van der Waals surface area contributed by atoms with Gasteiger partial charge >= 0.3 is 0 Å². The molecule has 0 fully saturated rings. The van der Waals surface area contributed by atoms with Crippen molar-refractivity contribution in [3.63, 3.8) is 0 Å². The van der Waals surface area contributed by atoms with E-state index in [0.29, 0.717) is 11.5 Å². The molecule has 9 nitrogen and oxygen atoms in total. The third-order valence-electron chi connectivity index (χ3n) is 5.21. The molecule has 10 heteroatoms. The van der Waals surface area contributed by atoms with Crippen molar-refractivity contribution in [1.29, 1.82) is 0 Å². The number of likely N-dealkylation sites (N-methyl/N-ethyl adjacent to an activating group) is 1. The molecular formula is C22H27N3O6S. The lowest BCUT2D eigenvalue weighted by molar-refractivity contribution is -0.139. The lowest BCUT2D eigenvalue weighted by Crippen LogP contribution is -2.50. The summed E-state index contributed by atoms with van der Waals surface area (Å²) < 4.78 is 36.7. The Morgan fingerprint density at radius 3 is 2.38 bits per heavy atom. The maximum atomic E-state index is 13.3. The van der Waals surface area contributed by atoms with E-state index in [1.54, 1.807) is 19.1 Å². The van der Waals surface area contributed by atoms with Crippen LogP contribution in [-0.4, -0.2) is 57.8 Å². The number of sulfonamides is 1. The Kier molecular flexibility index (Phi) is 6.93. The number of carbonyl (C=O) groups excluding carboxylic acids is 2. The highest BCUT2D eigenvalue weighted by Crippen LogP contribution is 2.36. The first-order valence-electron chi connectivity index (χ1n) is 10.0. The molecule has 0 aliphatic carbocycles. The quantitative estimate of drug-likeness (QED) is 0.641. The van der Waals surface area contributed by atoms with Crippen LogP contribution >= 0.6 is 0 Å². The first kappa shape index (κ1) is 23.4. The molecule has 0 saturated carbocycles. The van der Waals surface area contributed by atoms with Gasteiger partial charge in [0.25, 0.3) is 0 Å². The Morgan fingerprint density at radius 2 is 1.75 bits per heavy atom. The van der Waals surface area contributed by atoms with E-state index in [9.17, 15) is 18.0 Å². The minimum Gasteiger partial charge on any atom is -0.454 e. The van der Waals surface area contributed by atoms with E-state index in [2.05, 4.69) is 5.32 Å². The number of nitrogens with zero attached hydrogens (tertiary/aromatic N) is 2. The second kappa shape index (κ2) is 9.47. The van der Waals surface area contributed by atoms with E-state index in [0.717, 1.165) is 21.7 Å². The van der Waals surface area contributed by atoms with Gasteiger partial charge in [-0.15, -0.1) is 0 Å². The van der Waals surface area contributed by atoms with E-state index in [4.69, 9.17) is 9.47 Å². The number of nitrogens with one attached hydrogen (secondary N) is 1. The van der Waals surface area contributed by atoms with Crippen molar-refractivity contribution in [2.75, 3.05) is 30.9 Å². The van der Waals surface area contributed by atoms with Crippen LogP contribution < -0.4 is 19.1 Å². The van der Waals surface area contributed by atoms with Gasteiger partial charge in [0.2, 0.25) is 28.6 Å². The smallest absolute Gasteiger partial charge is 0.244 e. The van der Waals surface area contributed by atoms with Gasteiger partial charge in [-0.05, 0) is 31.5 Å². The predicted molar refractivity (Wildman–Crippen MR) is 120 cm³/mol. The van der Waals surface area contributed by atoms with E-state index >= 15 is 0 Å². The number of fused-ring (bicyclic) bond motifs is 1. The summed E-state index contributed by atoms with van der Waals surface area (Å²) in [6.45, 7) is 3.30. The lowest BCUT2D eigenvalue weighted by atomic mass is 10.1. The number of rotatable bonds is 8. The molecule has 0 saturated heterocycles. The van der Waals surface area contributed by atoms with Gasteiger partial charge in [-0.2, -0.15) is 0 Å². The summed E-state index contributed by atoms with van der Waals surface area (Å²) >= 11 is 0. The fourth-order valence-electron chi connectivity index (χ4n) is 3.34. The Bertz CT molecular complexity index is 1100. The zero-order chi connectivity index (χ0) is 23.5. The molecule has 1 aliphatic heterocycles. The van der Waals surface area contributed by atoms with Gasteiger partial charge in [-0.3, -0.25) is 13.9 Å². The van der Waals surface area contributed by atoms with E-state index in [1.807, 2.05) is 31.2 Å². The van der Waals surface area contributed by atoms with Gasteiger partial charge in [0.05, 0.1) is 11.9 Å². The van der Waals surface area contributed by atoms with Crippen LogP contribution in [0.25, 0.3) is 0 Å². The Labute approximate surface area is 188 Å². The minimum atomic E-state index is -3.81. The first-order valence-corrected chi connectivity index (χ1v) is 11.9. The second-order valence-electron chi connectivity index (χ2n) is 7.60. The highest BCUT2D eigenvalue weighted by Gasteiger charge is 2.30. The van der Waals surface area contributed by atoms with Crippen molar-refractivity contribution < 1.29 is 27.5 Å². The lowest BCUT2D eigenvalue weighted by Gasteiger charge is -2.31. The molecule has 32 heavy (non-hydrogen) atoms. The van der Waals surface area contributed by atoms with Crippen LogP contribution in [0, 0.1) is 6.92 Å². The molecule has 0 bridgehead atoms. The minimum absolute atomic E-state index is 0.0462. The molecule has 3 rings (SSSR count). The Balaban J connectivity index is 1.90. The summed E-state index contributed by atoms with van der Waals surface area (Å²) in [6.07, 6.45) is 1.03. The summed E-state index contributed by atoms with van der Waals surface area (Å²) in [4.78, 5) is 27.0.